The van der Waals surface area contributed by atoms with E-state index in [2.05, 4.69) is 12.2 Å². The van der Waals surface area contributed by atoms with Crippen LogP contribution in [-0.4, -0.2) is 35.4 Å². The summed E-state index contributed by atoms with van der Waals surface area (Å²) in [5.74, 6) is 0.742. The maximum absolute atomic E-state index is 11.9. The normalized spacial score (nSPS) is 24.9. The van der Waals surface area contributed by atoms with Crippen molar-refractivity contribution in [2.24, 2.45) is 11.8 Å². The maximum Gasteiger partial charge on any atom is 0.223 e. The molecule has 0 saturated heterocycles. The summed E-state index contributed by atoms with van der Waals surface area (Å²) < 4.78 is 0. The van der Waals surface area contributed by atoms with Crippen LogP contribution in [0.5, 0.6) is 0 Å². The van der Waals surface area contributed by atoms with Crippen LogP contribution < -0.4 is 5.32 Å². The average Bonchev–Trinajstić information content (AvgIpc) is 2.36. The van der Waals surface area contributed by atoms with Crippen LogP contribution in [0.25, 0.3) is 0 Å². The summed E-state index contributed by atoms with van der Waals surface area (Å²) in [5.41, 5.74) is 0. The van der Waals surface area contributed by atoms with Gasteiger partial charge >= 0.3 is 0 Å². The summed E-state index contributed by atoms with van der Waals surface area (Å²) in [7, 11) is 0. The van der Waals surface area contributed by atoms with Crippen molar-refractivity contribution in [1.29, 1.82) is 0 Å². The second-order valence-electron chi connectivity index (χ2n) is 5.09. The van der Waals surface area contributed by atoms with E-state index in [9.17, 15) is 4.79 Å². The Kier molecular flexibility index (Phi) is 6.52. The second-order valence-corrected chi connectivity index (χ2v) is 5.09. The van der Waals surface area contributed by atoms with Gasteiger partial charge < -0.3 is 15.5 Å². The third-order valence-corrected chi connectivity index (χ3v) is 3.64. The fourth-order valence-electron chi connectivity index (χ4n) is 2.67. The molecule has 4 nitrogen and oxygen atoms in total. The zero-order chi connectivity index (χ0) is 12.7. The molecule has 0 aromatic heterocycles. The predicted octanol–water partition coefficient (Wildman–Crippen LogP) is 1.06. The first-order valence-corrected chi connectivity index (χ1v) is 6.73. The van der Waals surface area contributed by atoms with Gasteiger partial charge in [-0.25, -0.2) is 0 Å². The molecule has 1 saturated carbocycles. The number of hydrogen-bond donors (Lipinski definition) is 3. The van der Waals surface area contributed by atoms with Crippen LogP contribution in [0.1, 0.15) is 45.4 Å². The summed E-state index contributed by atoms with van der Waals surface area (Å²) in [6.07, 6.45) is 6.63. The minimum Gasteiger partial charge on any atom is -0.394 e. The van der Waals surface area contributed by atoms with E-state index in [-0.39, 0.29) is 25.0 Å². The zero-order valence-electron chi connectivity index (χ0n) is 10.7. The summed E-state index contributed by atoms with van der Waals surface area (Å²) in [4.78, 5) is 11.9. The van der Waals surface area contributed by atoms with Gasteiger partial charge in [0.15, 0.2) is 0 Å². The third-order valence-electron chi connectivity index (χ3n) is 3.64. The molecule has 0 spiro atoms. The van der Waals surface area contributed by atoms with Crippen molar-refractivity contribution < 1.29 is 15.0 Å². The highest BCUT2D eigenvalue weighted by atomic mass is 16.3. The van der Waals surface area contributed by atoms with Gasteiger partial charge in [-0.15, -0.1) is 0 Å². The van der Waals surface area contributed by atoms with E-state index in [1.807, 2.05) is 0 Å². The minimum atomic E-state index is -0.506. The highest BCUT2D eigenvalue weighted by molar-refractivity contribution is 5.79. The summed E-state index contributed by atoms with van der Waals surface area (Å²) in [6.45, 7) is 1.78. The van der Waals surface area contributed by atoms with E-state index in [1.54, 1.807) is 0 Å². The molecule has 1 fully saturated rings. The van der Waals surface area contributed by atoms with Crippen molar-refractivity contribution in [3.8, 4) is 0 Å². The van der Waals surface area contributed by atoms with Crippen molar-refractivity contribution >= 4 is 5.91 Å². The van der Waals surface area contributed by atoms with Crippen LogP contribution in [0.3, 0.4) is 0 Å². The number of aliphatic hydroxyl groups excluding tert-OH is 2. The molecule has 3 N–H and O–H groups in total. The van der Waals surface area contributed by atoms with Gasteiger partial charge in [0, 0.05) is 5.92 Å². The first-order valence-electron chi connectivity index (χ1n) is 6.73. The third kappa shape index (κ3) is 4.64. The van der Waals surface area contributed by atoms with Crippen molar-refractivity contribution in [1.82, 2.24) is 5.32 Å². The van der Waals surface area contributed by atoms with Gasteiger partial charge in [0.2, 0.25) is 5.91 Å². The molecule has 1 amide bonds. The highest BCUT2D eigenvalue weighted by Gasteiger charge is 2.27. The molecule has 0 radical (unpaired) electrons. The predicted molar refractivity (Wildman–Crippen MR) is 66.5 cm³/mol. The molecule has 1 aliphatic rings. The molecule has 0 bridgehead atoms. The lowest BCUT2D eigenvalue weighted by Gasteiger charge is -2.29. The minimum absolute atomic E-state index is 0.00102. The molecular formula is C13H25NO3. The van der Waals surface area contributed by atoms with Gasteiger partial charge in [-0.05, 0) is 18.8 Å². The van der Waals surface area contributed by atoms with Crippen LogP contribution in [0.4, 0.5) is 0 Å². The first kappa shape index (κ1) is 14.5. The molecule has 0 heterocycles. The average molecular weight is 243 g/mol. The van der Waals surface area contributed by atoms with E-state index in [0.29, 0.717) is 5.92 Å². The van der Waals surface area contributed by atoms with Gasteiger partial charge in [-0.3, -0.25) is 4.79 Å². The largest absolute Gasteiger partial charge is 0.394 e. The first-order chi connectivity index (χ1) is 8.21. The van der Waals surface area contributed by atoms with Crippen molar-refractivity contribution in [3.63, 3.8) is 0 Å². The Morgan fingerprint density at radius 2 is 2.06 bits per heavy atom. The molecule has 2 atom stereocenters. The second kappa shape index (κ2) is 7.67. The standard InChI is InChI=1S/C13H25NO3/c1-2-4-10-5-3-6-11(7-10)13(17)14-12(8-15)9-16/h10-12,15-16H,2-9H2,1H3,(H,14,17). The van der Waals surface area contributed by atoms with Crippen LogP contribution in [0.2, 0.25) is 0 Å². The van der Waals surface area contributed by atoms with Gasteiger partial charge in [-0.2, -0.15) is 0 Å². The molecule has 0 aromatic carbocycles. The molecule has 0 aromatic rings. The van der Waals surface area contributed by atoms with Gasteiger partial charge in [0.25, 0.3) is 0 Å². The molecule has 100 valence electrons. The Labute approximate surface area is 103 Å². The SMILES string of the molecule is CCCC1CCCC(C(=O)NC(CO)CO)C1. The lowest BCUT2D eigenvalue weighted by atomic mass is 9.79. The number of aliphatic hydroxyl groups is 2. The van der Waals surface area contributed by atoms with Gasteiger partial charge in [0.1, 0.15) is 0 Å². The lowest BCUT2D eigenvalue weighted by molar-refractivity contribution is -0.127. The van der Waals surface area contributed by atoms with Crippen molar-refractivity contribution in [3.05, 3.63) is 0 Å². The van der Waals surface area contributed by atoms with Crippen LogP contribution in [0.15, 0.2) is 0 Å². The number of hydrogen-bond acceptors (Lipinski definition) is 3. The molecule has 4 heteroatoms. The van der Waals surface area contributed by atoms with E-state index in [4.69, 9.17) is 10.2 Å². The van der Waals surface area contributed by atoms with Crippen LogP contribution in [-0.2, 0) is 4.79 Å². The van der Waals surface area contributed by atoms with E-state index < -0.39 is 6.04 Å². The Morgan fingerprint density at radius 3 is 2.65 bits per heavy atom. The number of carbonyl (C=O) groups excluding carboxylic acids is 1. The number of nitrogens with one attached hydrogen (secondary N) is 1. The van der Waals surface area contributed by atoms with Crippen molar-refractivity contribution in [2.45, 2.75) is 51.5 Å². The van der Waals surface area contributed by atoms with Gasteiger partial charge in [0.05, 0.1) is 19.3 Å². The lowest BCUT2D eigenvalue weighted by Crippen LogP contribution is -2.44. The monoisotopic (exact) mass is 243 g/mol. The fraction of sp³-hybridized carbons (Fsp3) is 0.923. The van der Waals surface area contributed by atoms with Crippen molar-refractivity contribution in [2.75, 3.05) is 13.2 Å². The van der Waals surface area contributed by atoms with E-state index in [1.165, 1.54) is 19.3 Å². The summed E-state index contributed by atoms with van der Waals surface area (Å²) in [6, 6.07) is -0.506. The summed E-state index contributed by atoms with van der Waals surface area (Å²) >= 11 is 0. The maximum atomic E-state index is 11.9. The Hall–Kier alpha value is -0.610. The smallest absolute Gasteiger partial charge is 0.223 e. The highest BCUT2D eigenvalue weighted by Crippen LogP contribution is 2.31. The molecule has 1 aliphatic carbocycles. The number of rotatable bonds is 6. The zero-order valence-corrected chi connectivity index (χ0v) is 10.7. The molecule has 1 rings (SSSR count). The fourth-order valence-corrected chi connectivity index (χ4v) is 2.67. The van der Waals surface area contributed by atoms with E-state index >= 15 is 0 Å². The Balaban J connectivity index is 2.40. The molecule has 2 unspecified atom stereocenters. The summed E-state index contributed by atoms with van der Waals surface area (Å²) in [5, 5.41) is 20.6. The van der Waals surface area contributed by atoms with Crippen LogP contribution in [0, 0.1) is 11.8 Å². The number of amides is 1. The molecule has 0 aliphatic heterocycles. The molecule has 17 heavy (non-hydrogen) atoms. The number of carbonyl (C=O) groups is 1. The quantitative estimate of drug-likeness (QED) is 0.653. The Bertz CT molecular complexity index is 227. The topological polar surface area (TPSA) is 69.6 Å². The Morgan fingerprint density at radius 1 is 1.35 bits per heavy atom. The van der Waals surface area contributed by atoms with E-state index in [0.717, 1.165) is 19.3 Å². The van der Waals surface area contributed by atoms with Gasteiger partial charge in [-0.1, -0.05) is 32.6 Å². The van der Waals surface area contributed by atoms with Crippen LogP contribution >= 0.6 is 0 Å². The molecular weight excluding hydrogens is 218 g/mol.